The van der Waals surface area contributed by atoms with Gasteiger partial charge < -0.3 is 14.3 Å². The smallest absolute Gasteiger partial charge is 0.303 e. The first-order chi connectivity index (χ1) is 11.9. The van der Waals surface area contributed by atoms with Crippen molar-refractivity contribution in [3.05, 3.63) is 46.0 Å². The minimum atomic E-state index is -0.343. The summed E-state index contributed by atoms with van der Waals surface area (Å²) < 4.78 is 7.63. The number of aromatic nitrogens is 2. The van der Waals surface area contributed by atoms with Gasteiger partial charge in [-0.15, -0.1) is 0 Å². The maximum atomic E-state index is 11.5. The van der Waals surface area contributed by atoms with Crippen LogP contribution in [0.5, 0.6) is 0 Å². The Balaban J connectivity index is 2.44. The fourth-order valence-corrected chi connectivity index (χ4v) is 3.43. The number of rotatable bonds is 8. The Bertz CT molecular complexity index is 734. The zero-order chi connectivity index (χ0) is 18.6. The highest BCUT2D eigenvalue weighted by Crippen LogP contribution is 2.30. The minimum Gasteiger partial charge on any atom is -0.458 e. The molecule has 1 unspecified atom stereocenters. The van der Waals surface area contributed by atoms with E-state index in [0.717, 1.165) is 35.9 Å². The summed E-state index contributed by atoms with van der Waals surface area (Å²) >= 11 is 0. The van der Waals surface area contributed by atoms with Gasteiger partial charge in [0, 0.05) is 30.6 Å². The predicted octanol–water partition coefficient (Wildman–Crippen LogP) is 4.12. The Morgan fingerprint density at radius 3 is 2.28 bits per heavy atom. The molecule has 0 aliphatic heterocycles. The van der Waals surface area contributed by atoms with Crippen LogP contribution in [0.1, 0.15) is 78.7 Å². The van der Waals surface area contributed by atoms with Gasteiger partial charge in [-0.25, -0.2) is 0 Å². The minimum absolute atomic E-state index is 0.312. The third-order valence-corrected chi connectivity index (χ3v) is 4.70. The number of aromatic amines is 1. The number of H-pyrrole nitrogens is 1. The number of esters is 1. The molecule has 0 fully saturated rings. The van der Waals surface area contributed by atoms with Gasteiger partial charge in [0.05, 0.1) is 12.2 Å². The quantitative estimate of drug-likeness (QED) is 0.578. The van der Waals surface area contributed by atoms with Crippen molar-refractivity contribution in [3.8, 4) is 0 Å². The molecule has 0 bridgehead atoms. The molecule has 0 aliphatic rings. The maximum absolute atomic E-state index is 11.5. The number of carbonyl (C=O) groups is 2. The molecule has 2 heterocycles. The van der Waals surface area contributed by atoms with Crippen LogP contribution in [-0.2, 0) is 28.9 Å². The summed E-state index contributed by atoms with van der Waals surface area (Å²) in [4.78, 5) is 26.1. The Morgan fingerprint density at radius 2 is 1.84 bits per heavy atom. The summed E-state index contributed by atoms with van der Waals surface area (Å²) in [7, 11) is 0. The van der Waals surface area contributed by atoms with Crippen LogP contribution in [0.15, 0.2) is 12.4 Å². The number of nitrogens with zero attached hydrogens (tertiary/aromatic N) is 1. The monoisotopic (exact) mass is 344 g/mol. The SMILES string of the molecule is CCc1cn(Cc2[nH]c(C=O)c(C)c2C(CC)OC(C)=O)cc1CC. The van der Waals surface area contributed by atoms with Gasteiger partial charge >= 0.3 is 5.97 Å². The largest absolute Gasteiger partial charge is 0.458 e. The van der Waals surface area contributed by atoms with Crippen LogP contribution in [0, 0.1) is 6.92 Å². The van der Waals surface area contributed by atoms with E-state index in [-0.39, 0.29) is 12.1 Å². The van der Waals surface area contributed by atoms with E-state index < -0.39 is 0 Å². The van der Waals surface area contributed by atoms with Gasteiger partial charge in [0.25, 0.3) is 0 Å². The number of ether oxygens (including phenoxy) is 1. The number of carbonyl (C=O) groups excluding carboxylic acids is 2. The van der Waals surface area contributed by atoms with Crippen LogP contribution in [-0.4, -0.2) is 21.8 Å². The molecule has 0 saturated heterocycles. The molecule has 5 nitrogen and oxygen atoms in total. The number of aldehydes is 1. The summed E-state index contributed by atoms with van der Waals surface area (Å²) in [6.45, 7) is 10.2. The molecule has 25 heavy (non-hydrogen) atoms. The van der Waals surface area contributed by atoms with Gasteiger partial charge in [-0.1, -0.05) is 20.8 Å². The number of hydrogen-bond donors (Lipinski definition) is 1. The first-order valence-electron chi connectivity index (χ1n) is 8.96. The summed E-state index contributed by atoms with van der Waals surface area (Å²) in [6, 6.07) is 0. The molecule has 2 aromatic rings. The molecule has 1 atom stereocenters. The molecule has 2 aromatic heterocycles. The van der Waals surface area contributed by atoms with Crippen molar-refractivity contribution in [2.75, 3.05) is 0 Å². The lowest BCUT2D eigenvalue weighted by atomic mass is 10.0. The number of aryl methyl sites for hydroxylation is 2. The lowest BCUT2D eigenvalue weighted by molar-refractivity contribution is -0.146. The molecule has 0 amide bonds. The second-order valence-electron chi connectivity index (χ2n) is 6.37. The van der Waals surface area contributed by atoms with Crippen LogP contribution in [0.4, 0.5) is 0 Å². The molecule has 1 N–H and O–H groups in total. The first-order valence-corrected chi connectivity index (χ1v) is 8.96. The topological polar surface area (TPSA) is 64.1 Å². The lowest BCUT2D eigenvalue weighted by Crippen LogP contribution is -2.11. The van der Waals surface area contributed by atoms with Gasteiger partial charge in [-0.2, -0.15) is 0 Å². The zero-order valence-corrected chi connectivity index (χ0v) is 15.8. The van der Waals surface area contributed by atoms with Crippen LogP contribution in [0.3, 0.4) is 0 Å². The molecule has 0 saturated carbocycles. The highest BCUT2D eigenvalue weighted by molar-refractivity contribution is 5.76. The van der Waals surface area contributed by atoms with Gasteiger partial charge in [0.2, 0.25) is 0 Å². The molecule has 0 radical (unpaired) electrons. The molecule has 0 aromatic carbocycles. The van der Waals surface area contributed by atoms with Crippen molar-refractivity contribution in [1.29, 1.82) is 0 Å². The van der Waals surface area contributed by atoms with Crippen molar-refractivity contribution in [1.82, 2.24) is 9.55 Å². The second kappa shape index (κ2) is 8.19. The molecule has 5 heteroatoms. The average molecular weight is 344 g/mol. The Morgan fingerprint density at radius 1 is 1.24 bits per heavy atom. The summed E-state index contributed by atoms with van der Waals surface area (Å²) in [5, 5.41) is 0. The molecular weight excluding hydrogens is 316 g/mol. The van der Waals surface area contributed by atoms with E-state index in [2.05, 4.69) is 35.8 Å². The van der Waals surface area contributed by atoms with Crippen LogP contribution < -0.4 is 0 Å². The van der Waals surface area contributed by atoms with E-state index in [4.69, 9.17) is 4.74 Å². The van der Waals surface area contributed by atoms with Gasteiger partial charge in [-0.05, 0) is 42.9 Å². The van der Waals surface area contributed by atoms with Crippen molar-refractivity contribution < 1.29 is 14.3 Å². The van der Waals surface area contributed by atoms with Gasteiger partial charge in [0.15, 0.2) is 6.29 Å². The van der Waals surface area contributed by atoms with Crippen LogP contribution in [0.25, 0.3) is 0 Å². The van der Waals surface area contributed by atoms with E-state index in [9.17, 15) is 9.59 Å². The van der Waals surface area contributed by atoms with Crippen LogP contribution in [0.2, 0.25) is 0 Å². The standard InChI is InChI=1S/C20H28N2O3/c1-6-15-9-22(10-16(15)7-2)11-17-20(13(4)18(12-23)21-17)19(8-3)25-14(5)24/h9-10,12,19,21H,6-8,11H2,1-5H3. The van der Waals surface area contributed by atoms with E-state index >= 15 is 0 Å². The molecule has 0 spiro atoms. The van der Waals surface area contributed by atoms with Crippen molar-refractivity contribution in [2.45, 2.75) is 66.5 Å². The highest BCUT2D eigenvalue weighted by atomic mass is 16.5. The van der Waals surface area contributed by atoms with Crippen molar-refractivity contribution in [2.24, 2.45) is 0 Å². The Kier molecular flexibility index (Phi) is 6.23. The van der Waals surface area contributed by atoms with Gasteiger partial charge in [-0.3, -0.25) is 9.59 Å². The van der Waals surface area contributed by atoms with Crippen LogP contribution >= 0.6 is 0 Å². The molecular formula is C20H28N2O3. The highest BCUT2D eigenvalue weighted by Gasteiger charge is 2.23. The van der Waals surface area contributed by atoms with Crippen molar-refractivity contribution in [3.63, 3.8) is 0 Å². The fourth-order valence-electron chi connectivity index (χ4n) is 3.43. The van der Waals surface area contributed by atoms with Gasteiger partial charge in [0.1, 0.15) is 6.10 Å². The fraction of sp³-hybridized carbons (Fsp3) is 0.500. The summed E-state index contributed by atoms with van der Waals surface area (Å²) in [5.74, 6) is -0.312. The summed E-state index contributed by atoms with van der Waals surface area (Å²) in [6.07, 6.45) is 7.46. The molecule has 2 rings (SSSR count). The first kappa shape index (κ1) is 19.0. The number of nitrogens with one attached hydrogen (secondary N) is 1. The van der Waals surface area contributed by atoms with E-state index in [1.807, 2.05) is 13.8 Å². The maximum Gasteiger partial charge on any atom is 0.303 e. The van der Waals surface area contributed by atoms with E-state index in [0.29, 0.717) is 18.7 Å². The zero-order valence-electron chi connectivity index (χ0n) is 15.8. The Labute approximate surface area is 149 Å². The third-order valence-electron chi connectivity index (χ3n) is 4.70. The predicted molar refractivity (Wildman–Crippen MR) is 98.0 cm³/mol. The Hall–Kier alpha value is -2.30. The molecule has 0 aliphatic carbocycles. The normalized spacial score (nSPS) is 12.2. The van der Waals surface area contributed by atoms with E-state index in [1.165, 1.54) is 18.1 Å². The number of hydrogen-bond acceptors (Lipinski definition) is 3. The van der Waals surface area contributed by atoms with E-state index in [1.54, 1.807) is 0 Å². The average Bonchev–Trinajstić information content (AvgIpc) is 3.13. The summed E-state index contributed by atoms with van der Waals surface area (Å²) in [5.41, 5.74) is 5.94. The van der Waals surface area contributed by atoms with Crippen molar-refractivity contribution >= 4 is 12.3 Å². The molecule has 136 valence electrons. The third kappa shape index (κ3) is 4.03. The second-order valence-corrected chi connectivity index (χ2v) is 6.37. The lowest BCUT2D eigenvalue weighted by Gasteiger charge is -2.17.